The van der Waals surface area contributed by atoms with Crippen molar-refractivity contribution in [3.63, 3.8) is 0 Å². The molecule has 3 rings (SSSR count). The van der Waals surface area contributed by atoms with Gasteiger partial charge in [-0.2, -0.15) is 0 Å². The highest BCUT2D eigenvalue weighted by atomic mass is 16.4. The van der Waals surface area contributed by atoms with Crippen LogP contribution in [0.4, 0.5) is 0 Å². The van der Waals surface area contributed by atoms with Gasteiger partial charge in [0.05, 0.1) is 12.4 Å². The highest BCUT2D eigenvalue weighted by molar-refractivity contribution is 5.94. The number of aromatic nitrogens is 2. The zero-order chi connectivity index (χ0) is 25.5. The summed E-state index contributed by atoms with van der Waals surface area (Å²) < 4.78 is 0. The van der Waals surface area contributed by atoms with Gasteiger partial charge in [-0.15, -0.1) is 0 Å². The molecule has 2 aromatic rings. The fourth-order valence-electron chi connectivity index (χ4n) is 3.99. The molecule has 2 heterocycles. The van der Waals surface area contributed by atoms with Crippen molar-refractivity contribution in [3.8, 4) is 5.75 Å². The Bertz CT molecular complexity index is 1040. The normalized spacial score (nSPS) is 17.9. The standard InChI is InChI=1S/C23H30N6O6/c1-13(22(33)29-8-2-3-19(29)23(34)35)27-21(32)18(10-15-11-25-12-26-15)28-20(31)17(24)9-14-4-6-16(30)7-5-14/h4-7,11-13,17-19,30H,2-3,8-10,24H2,1H3,(H,25,26)(H,27,32)(H,28,31)(H,34,35). The Labute approximate surface area is 201 Å². The van der Waals surface area contributed by atoms with E-state index in [0.29, 0.717) is 25.1 Å². The molecule has 3 amide bonds. The maximum atomic E-state index is 13.1. The second kappa shape index (κ2) is 11.5. The number of aromatic hydroxyl groups is 1. The fourth-order valence-corrected chi connectivity index (χ4v) is 3.99. The van der Waals surface area contributed by atoms with Gasteiger partial charge in [0.1, 0.15) is 23.9 Å². The van der Waals surface area contributed by atoms with Crippen molar-refractivity contribution in [2.75, 3.05) is 6.54 Å². The molecule has 1 aliphatic rings. The van der Waals surface area contributed by atoms with Gasteiger partial charge in [0.15, 0.2) is 0 Å². The number of hydrogen-bond acceptors (Lipinski definition) is 7. The molecule has 0 aliphatic carbocycles. The Kier molecular flexibility index (Phi) is 8.42. The van der Waals surface area contributed by atoms with Gasteiger partial charge in [-0.1, -0.05) is 12.1 Å². The summed E-state index contributed by atoms with van der Waals surface area (Å²) >= 11 is 0. The zero-order valence-electron chi connectivity index (χ0n) is 19.3. The summed E-state index contributed by atoms with van der Waals surface area (Å²) in [7, 11) is 0. The van der Waals surface area contributed by atoms with Crippen LogP contribution in [0.2, 0.25) is 0 Å². The van der Waals surface area contributed by atoms with Crippen LogP contribution < -0.4 is 16.4 Å². The van der Waals surface area contributed by atoms with E-state index >= 15 is 0 Å². The molecule has 0 saturated carbocycles. The quantitative estimate of drug-likeness (QED) is 0.254. The lowest BCUT2D eigenvalue weighted by atomic mass is 10.0. The Morgan fingerprint density at radius 2 is 1.89 bits per heavy atom. The third-order valence-corrected chi connectivity index (χ3v) is 5.89. The zero-order valence-corrected chi connectivity index (χ0v) is 19.3. The van der Waals surface area contributed by atoms with Crippen molar-refractivity contribution >= 4 is 23.7 Å². The first-order valence-electron chi connectivity index (χ1n) is 11.3. The van der Waals surface area contributed by atoms with E-state index < -0.39 is 47.9 Å². The van der Waals surface area contributed by atoms with Crippen LogP contribution in [-0.2, 0) is 32.0 Å². The molecule has 12 heteroatoms. The van der Waals surface area contributed by atoms with E-state index in [9.17, 15) is 29.4 Å². The van der Waals surface area contributed by atoms with E-state index in [0.717, 1.165) is 5.56 Å². The van der Waals surface area contributed by atoms with Crippen molar-refractivity contribution in [2.24, 2.45) is 5.73 Å². The number of amides is 3. The van der Waals surface area contributed by atoms with Gasteiger partial charge in [0.25, 0.3) is 0 Å². The molecular weight excluding hydrogens is 456 g/mol. The molecule has 4 unspecified atom stereocenters. The number of H-pyrrole nitrogens is 1. The van der Waals surface area contributed by atoms with Crippen LogP contribution in [0.3, 0.4) is 0 Å². The average molecular weight is 487 g/mol. The van der Waals surface area contributed by atoms with E-state index in [1.165, 1.54) is 36.5 Å². The number of aliphatic carboxylic acids is 1. The second-order valence-corrected chi connectivity index (χ2v) is 8.58. The topological polar surface area (TPSA) is 191 Å². The first kappa shape index (κ1) is 25.7. The molecule has 1 saturated heterocycles. The lowest BCUT2D eigenvalue weighted by Crippen LogP contribution is -2.57. The Hall–Kier alpha value is -3.93. The van der Waals surface area contributed by atoms with Crippen molar-refractivity contribution in [3.05, 3.63) is 48.0 Å². The predicted octanol–water partition coefficient (Wildman–Crippen LogP) is -0.707. The monoisotopic (exact) mass is 486 g/mol. The number of carboxylic acid groups (broad SMARTS) is 1. The van der Waals surface area contributed by atoms with Crippen LogP contribution in [0, 0.1) is 0 Å². The molecule has 12 nitrogen and oxygen atoms in total. The minimum Gasteiger partial charge on any atom is -0.508 e. The molecule has 35 heavy (non-hydrogen) atoms. The highest BCUT2D eigenvalue weighted by Crippen LogP contribution is 2.18. The SMILES string of the molecule is CC(NC(=O)C(Cc1cnc[nH]1)NC(=O)C(N)Cc1ccc(O)cc1)C(=O)N1CCCC1C(=O)O. The van der Waals surface area contributed by atoms with Crippen LogP contribution in [-0.4, -0.2) is 79.5 Å². The number of hydrogen-bond donors (Lipinski definition) is 6. The minimum atomic E-state index is -1.08. The number of carboxylic acids is 1. The Morgan fingerprint density at radius 3 is 2.51 bits per heavy atom. The molecule has 1 fully saturated rings. The van der Waals surface area contributed by atoms with Crippen LogP contribution in [0.5, 0.6) is 5.75 Å². The third-order valence-electron chi connectivity index (χ3n) is 5.89. The molecule has 0 radical (unpaired) electrons. The summed E-state index contributed by atoms with van der Waals surface area (Å²) in [6.45, 7) is 1.78. The summed E-state index contributed by atoms with van der Waals surface area (Å²) in [5.41, 5.74) is 7.36. The molecule has 1 aromatic heterocycles. The molecule has 0 spiro atoms. The molecule has 188 valence electrons. The molecule has 1 aliphatic heterocycles. The summed E-state index contributed by atoms with van der Waals surface area (Å²) in [6.07, 6.45) is 4.14. The molecular formula is C23H30N6O6. The maximum absolute atomic E-state index is 13.1. The Morgan fingerprint density at radius 1 is 1.17 bits per heavy atom. The summed E-state index contributed by atoms with van der Waals surface area (Å²) in [6, 6.07) is 2.34. The van der Waals surface area contributed by atoms with Crippen molar-refractivity contribution in [1.82, 2.24) is 25.5 Å². The molecule has 0 bridgehead atoms. The number of carbonyl (C=O) groups is 4. The number of nitrogens with one attached hydrogen (secondary N) is 3. The molecule has 7 N–H and O–H groups in total. The van der Waals surface area contributed by atoms with Gasteiger partial charge >= 0.3 is 5.97 Å². The van der Waals surface area contributed by atoms with Crippen LogP contribution in [0.25, 0.3) is 0 Å². The van der Waals surface area contributed by atoms with E-state index in [1.54, 1.807) is 12.1 Å². The third kappa shape index (κ3) is 6.79. The number of aromatic amines is 1. The lowest BCUT2D eigenvalue weighted by Gasteiger charge is -2.27. The molecule has 1 aromatic carbocycles. The fraction of sp³-hybridized carbons (Fsp3) is 0.435. The Balaban J connectivity index is 1.65. The van der Waals surface area contributed by atoms with Gasteiger partial charge in [0, 0.05) is 24.9 Å². The van der Waals surface area contributed by atoms with Gasteiger partial charge in [-0.05, 0) is 43.9 Å². The van der Waals surface area contributed by atoms with Crippen LogP contribution in [0.15, 0.2) is 36.8 Å². The maximum Gasteiger partial charge on any atom is 0.326 e. The van der Waals surface area contributed by atoms with Gasteiger partial charge in [0.2, 0.25) is 17.7 Å². The first-order valence-corrected chi connectivity index (χ1v) is 11.3. The summed E-state index contributed by atoms with van der Waals surface area (Å²) in [5, 5.41) is 24.0. The lowest BCUT2D eigenvalue weighted by molar-refractivity contribution is -0.149. The van der Waals surface area contributed by atoms with E-state index in [-0.39, 0.29) is 18.6 Å². The van der Waals surface area contributed by atoms with E-state index in [1.807, 2.05) is 0 Å². The highest BCUT2D eigenvalue weighted by Gasteiger charge is 2.37. The largest absolute Gasteiger partial charge is 0.508 e. The number of nitrogens with two attached hydrogens (primary N) is 1. The van der Waals surface area contributed by atoms with Crippen LogP contribution in [0.1, 0.15) is 31.0 Å². The predicted molar refractivity (Wildman–Crippen MR) is 124 cm³/mol. The number of imidazole rings is 1. The smallest absolute Gasteiger partial charge is 0.326 e. The number of carbonyl (C=O) groups excluding carboxylic acids is 3. The number of benzene rings is 1. The van der Waals surface area contributed by atoms with Crippen molar-refractivity contribution in [2.45, 2.75) is 56.8 Å². The van der Waals surface area contributed by atoms with Gasteiger partial charge < -0.3 is 36.5 Å². The second-order valence-electron chi connectivity index (χ2n) is 8.58. The van der Waals surface area contributed by atoms with Gasteiger partial charge in [-0.3, -0.25) is 14.4 Å². The number of likely N-dealkylation sites (tertiary alicyclic amines) is 1. The number of rotatable bonds is 10. The van der Waals surface area contributed by atoms with Crippen molar-refractivity contribution in [1.29, 1.82) is 0 Å². The minimum absolute atomic E-state index is 0.0753. The summed E-state index contributed by atoms with van der Waals surface area (Å²) in [4.78, 5) is 58.1. The van der Waals surface area contributed by atoms with Crippen LogP contribution >= 0.6 is 0 Å². The van der Waals surface area contributed by atoms with Gasteiger partial charge in [-0.25, -0.2) is 9.78 Å². The summed E-state index contributed by atoms with van der Waals surface area (Å²) in [5.74, 6) is -2.67. The average Bonchev–Trinajstić information content (AvgIpc) is 3.51. The molecule has 4 atom stereocenters. The van der Waals surface area contributed by atoms with Crippen molar-refractivity contribution < 1.29 is 29.4 Å². The van der Waals surface area contributed by atoms with E-state index in [2.05, 4.69) is 20.6 Å². The first-order chi connectivity index (χ1) is 16.7. The number of phenolic OH excluding ortho intramolecular Hbond substituents is 1. The number of phenols is 1. The number of nitrogens with zero attached hydrogens (tertiary/aromatic N) is 2. The van der Waals surface area contributed by atoms with E-state index in [4.69, 9.17) is 5.73 Å².